The van der Waals surface area contributed by atoms with Gasteiger partial charge in [0.25, 0.3) is 5.91 Å². The first-order valence-corrected chi connectivity index (χ1v) is 13.7. The molecule has 3 aromatic carbocycles. The van der Waals surface area contributed by atoms with Crippen molar-refractivity contribution in [2.45, 2.75) is 33.3 Å². The number of H-pyrrole nitrogens is 1. The van der Waals surface area contributed by atoms with E-state index in [2.05, 4.69) is 15.5 Å². The van der Waals surface area contributed by atoms with Crippen LogP contribution in [0.25, 0.3) is 55.1 Å². The second kappa shape index (κ2) is 10.9. The number of rotatable bonds is 8. The number of hydrogen-bond donors (Lipinski definition) is 4. The Labute approximate surface area is 241 Å². The van der Waals surface area contributed by atoms with E-state index in [1.165, 1.54) is 0 Å². The summed E-state index contributed by atoms with van der Waals surface area (Å²) in [5.74, 6) is 1.73. The molecule has 3 aromatic heterocycles. The molecule has 6 aromatic rings. The van der Waals surface area contributed by atoms with E-state index in [1.54, 1.807) is 13.2 Å². The zero-order valence-electron chi connectivity index (χ0n) is 23.8. The molecule has 42 heavy (non-hydrogen) atoms. The molecule has 0 saturated carbocycles. The Balaban J connectivity index is 1.53. The standard InChI is InChI=1S/C32H31N5O5/c1-16-28(17(2)42-37-16)25-13-26-24(14-27(25)41-4)29-30(34-18(3)35-31(29)36-26)22-9-10-23(21-8-6-5-7-20(21)22)32(40)33-12-11-19(39)15-38/h5-10,13-14,19,38-39H,11-12,15H2,1-4H3,(H,33,40)(H,34,35,36)/t19-/m0/s1. The van der Waals surface area contributed by atoms with Crippen molar-refractivity contribution in [3.63, 3.8) is 0 Å². The SMILES string of the molecule is COc1cc2c(cc1-c1c(C)noc1C)[nH]c1nc(C)nc(-c3ccc(C(=O)NCC[C@H](O)CO)c4ccccc34)c12. The van der Waals surface area contributed by atoms with Gasteiger partial charge in [-0.2, -0.15) is 0 Å². The average molecular weight is 566 g/mol. The fourth-order valence-corrected chi connectivity index (χ4v) is 5.60. The molecule has 0 spiro atoms. The molecule has 0 unspecified atom stereocenters. The van der Waals surface area contributed by atoms with Crippen molar-refractivity contribution in [3.8, 4) is 28.1 Å². The Kier molecular flexibility index (Phi) is 7.09. The van der Waals surface area contributed by atoms with Gasteiger partial charge in [-0.25, -0.2) is 9.97 Å². The molecule has 0 fully saturated rings. The number of hydrogen-bond acceptors (Lipinski definition) is 8. The molecular formula is C32H31N5O5. The maximum atomic E-state index is 13.1. The Morgan fingerprint density at radius 1 is 1.05 bits per heavy atom. The predicted octanol–water partition coefficient (Wildman–Crippen LogP) is 4.99. The van der Waals surface area contributed by atoms with Crippen LogP contribution in [0.2, 0.25) is 0 Å². The predicted molar refractivity (Wildman–Crippen MR) is 161 cm³/mol. The highest BCUT2D eigenvalue weighted by molar-refractivity contribution is 6.17. The number of aromatic nitrogens is 4. The van der Waals surface area contributed by atoms with Crippen LogP contribution in [0, 0.1) is 20.8 Å². The summed E-state index contributed by atoms with van der Waals surface area (Å²) in [6, 6.07) is 15.4. The molecule has 1 atom stereocenters. The van der Waals surface area contributed by atoms with Crippen molar-refractivity contribution in [1.82, 2.24) is 25.4 Å². The second-order valence-corrected chi connectivity index (χ2v) is 10.4. The van der Waals surface area contributed by atoms with Crippen molar-refractivity contribution in [2.75, 3.05) is 20.3 Å². The highest BCUT2D eigenvalue weighted by Crippen LogP contribution is 2.42. The third-order valence-electron chi connectivity index (χ3n) is 7.58. The smallest absolute Gasteiger partial charge is 0.251 e. The van der Waals surface area contributed by atoms with Crippen LogP contribution in [0.1, 0.15) is 34.1 Å². The number of aliphatic hydroxyl groups excluding tert-OH is 2. The van der Waals surface area contributed by atoms with Crippen LogP contribution in [0.5, 0.6) is 5.75 Å². The third kappa shape index (κ3) is 4.64. The van der Waals surface area contributed by atoms with Crippen LogP contribution in [0.4, 0.5) is 0 Å². The van der Waals surface area contributed by atoms with E-state index in [9.17, 15) is 9.90 Å². The molecule has 10 heteroatoms. The number of aryl methyl sites for hydroxylation is 3. The number of methoxy groups -OCH3 is 1. The Morgan fingerprint density at radius 2 is 1.83 bits per heavy atom. The van der Waals surface area contributed by atoms with Gasteiger partial charge in [0.15, 0.2) is 0 Å². The molecule has 10 nitrogen and oxygen atoms in total. The summed E-state index contributed by atoms with van der Waals surface area (Å²) in [5.41, 5.74) is 6.21. The zero-order valence-corrected chi connectivity index (χ0v) is 23.8. The maximum absolute atomic E-state index is 13.1. The highest BCUT2D eigenvalue weighted by atomic mass is 16.5. The number of fused-ring (bicyclic) bond motifs is 4. The summed E-state index contributed by atoms with van der Waals surface area (Å²) in [6.45, 7) is 5.54. The minimum atomic E-state index is -0.872. The van der Waals surface area contributed by atoms with Crippen LogP contribution in [0.15, 0.2) is 53.1 Å². The van der Waals surface area contributed by atoms with Gasteiger partial charge in [-0.05, 0) is 56.2 Å². The lowest BCUT2D eigenvalue weighted by Gasteiger charge is -2.14. The molecular weight excluding hydrogens is 534 g/mol. The lowest BCUT2D eigenvalue weighted by Crippen LogP contribution is -2.28. The number of amides is 1. The summed E-state index contributed by atoms with van der Waals surface area (Å²) in [7, 11) is 1.64. The fraction of sp³-hybridized carbons (Fsp3) is 0.250. The number of aliphatic hydroxyl groups is 2. The molecule has 0 radical (unpaired) electrons. The van der Waals surface area contributed by atoms with Gasteiger partial charge in [0.05, 0.1) is 42.2 Å². The van der Waals surface area contributed by atoms with Gasteiger partial charge in [0, 0.05) is 34.1 Å². The number of nitrogens with one attached hydrogen (secondary N) is 2. The summed E-state index contributed by atoms with van der Waals surface area (Å²) >= 11 is 0. The number of benzene rings is 3. The van der Waals surface area contributed by atoms with E-state index < -0.39 is 6.10 Å². The number of ether oxygens (including phenoxy) is 1. The third-order valence-corrected chi connectivity index (χ3v) is 7.58. The molecule has 4 N–H and O–H groups in total. The van der Waals surface area contributed by atoms with Crippen molar-refractivity contribution in [2.24, 2.45) is 0 Å². The minimum absolute atomic E-state index is 0.245. The highest BCUT2D eigenvalue weighted by Gasteiger charge is 2.22. The average Bonchev–Trinajstić information content (AvgIpc) is 3.52. The molecule has 1 amide bonds. The van der Waals surface area contributed by atoms with Gasteiger partial charge in [-0.1, -0.05) is 35.5 Å². The van der Waals surface area contributed by atoms with Crippen LogP contribution in [-0.4, -0.2) is 62.6 Å². The first-order chi connectivity index (χ1) is 20.3. The summed E-state index contributed by atoms with van der Waals surface area (Å²) in [5, 5.41) is 29.1. The van der Waals surface area contributed by atoms with Gasteiger partial charge >= 0.3 is 0 Å². The van der Waals surface area contributed by atoms with E-state index in [0.29, 0.717) is 28.5 Å². The lowest BCUT2D eigenvalue weighted by molar-refractivity contribution is 0.0834. The van der Waals surface area contributed by atoms with Gasteiger partial charge < -0.3 is 29.8 Å². The molecule has 6 rings (SSSR count). The normalized spacial score (nSPS) is 12.3. The van der Waals surface area contributed by atoms with Crippen molar-refractivity contribution in [1.29, 1.82) is 0 Å². The molecule has 3 heterocycles. The number of carbonyl (C=O) groups excluding carboxylic acids is 1. The number of carbonyl (C=O) groups is 1. The van der Waals surface area contributed by atoms with Gasteiger partial charge in [0.2, 0.25) is 0 Å². The quantitative estimate of drug-likeness (QED) is 0.202. The van der Waals surface area contributed by atoms with Crippen LogP contribution < -0.4 is 10.1 Å². The van der Waals surface area contributed by atoms with Gasteiger partial charge in [-0.15, -0.1) is 0 Å². The lowest BCUT2D eigenvalue weighted by atomic mass is 9.95. The van der Waals surface area contributed by atoms with Crippen molar-refractivity contribution in [3.05, 3.63) is 71.4 Å². The first kappa shape index (κ1) is 27.4. The van der Waals surface area contributed by atoms with E-state index in [-0.39, 0.29) is 25.5 Å². The van der Waals surface area contributed by atoms with E-state index in [1.807, 2.05) is 63.2 Å². The molecule has 0 bridgehead atoms. The zero-order chi connectivity index (χ0) is 29.5. The fourth-order valence-electron chi connectivity index (χ4n) is 5.60. The first-order valence-electron chi connectivity index (χ1n) is 13.7. The molecule has 0 aliphatic heterocycles. The molecule has 0 aliphatic carbocycles. The molecule has 214 valence electrons. The van der Waals surface area contributed by atoms with E-state index in [0.717, 1.165) is 55.1 Å². The number of aromatic amines is 1. The largest absolute Gasteiger partial charge is 0.496 e. The molecule has 0 saturated heterocycles. The van der Waals surface area contributed by atoms with E-state index in [4.69, 9.17) is 24.3 Å². The van der Waals surface area contributed by atoms with Crippen LogP contribution >= 0.6 is 0 Å². The Hall–Kier alpha value is -4.80. The maximum Gasteiger partial charge on any atom is 0.251 e. The second-order valence-electron chi connectivity index (χ2n) is 10.4. The van der Waals surface area contributed by atoms with Crippen molar-refractivity contribution >= 4 is 38.6 Å². The Bertz CT molecular complexity index is 1960. The minimum Gasteiger partial charge on any atom is -0.496 e. The topological polar surface area (TPSA) is 146 Å². The van der Waals surface area contributed by atoms with Crippen molar-refractivity contribution < 1.29 is 24.3 Å². The summed E-state index contributed by atoms with van der Waals surface area (Å²) < 4.78 is 11.3. The Morgan fingerprint density at radius 3 is 2.55 bits per heavy atom. The monoisotopic (exact) mass is 565 g/mol. The number of nitrogens with zero attached hydrogens (tertiary/aromatic N) is 3. The molecule has 0 aliphatic rings. The summed E-state index contributed by atoms with van der Waals surface area (Å²) in [4.78, 5) is 26.2. The van der Waals surface area contributed by atoms with E-state index >= 15 is 0 Å². The summed E-state index contributed by atoms with van der Waals surface area (Å²) in [6.07, 6.45) is -0.610. The van der Waals surface area contributed by atoms with Gasteiger partial charge in [0.1, 0.15) is 23.0 Å². The van der Waals surface area contributed by atoms with Gasteiger partial charge in [-0.3, -0.25) is 4.79 Å². The van der Waals surface area contributed by atoms with Crippen LogP contribution in [0.3, 0.4) is 0 Å². The van der Waals surface area contributed by atoms with Crippen LogP contribution in [-0.2, 0) is 0 Å².